The Balaban J connectivity index is 1.90. The molecule has 17 heavy (non-hydrogen) atoms. The highest BCUT2D eigenvalue weighted by atomic mass is 16.6. The first-order valence-corrected chi connectivity index (χ1v) is 6.08. The SMILES string of the molecule is CNCc1coc(OC2CC(C)OC(C)C2)n1. The van der Waals surface area contributed by atoms with Gasteiger partial charge in [-0.15, -0.1) is 0 Å². The van der Waals surface area contributed by atoms with Crippen LogP contribution in [-0.2, 0) is 11.3 Å². The van der Waals surface area contributed by atoms with E-state index in [1.165, 1.54) is 0 Å². The van der Waals surface area contributed by atoms with Gasteiger partial charge in [0.2, 0.25) is 0 Å². The van der Waals surface area contributed by atoms with E-state index in [4.69, 9.17) is 13.9 Å². The van der Waals surface area contributed by atoms with E-state index >= 15 is 0 Å². The van der Waals surface area contributed by atoms with Gasteiger partial charge < -0.3 is 19.2 Å². The smallest absolute Gasteiger partial charge is 0.394 e. The van der Waals surface area contributed by atoms with Crippen molar-refractivity contribution in [2.45, 2.75) is 51.5 Å². The fourth-order valence-corrected chi connectivity index (χ4v) is 2.19. The topological polar surface area (TPSA) is 56.5 Å². The molecule has 1 N–H and O–H groups in total. The van der Waals surface area contributed by atoms with Crippen molar-refractivity contribution in [3.8, 4) is 6.08 Å². The molecule has 0 amide bonds. The average Bonchev–Trinajstić information content (AvgIpc) is 2.64. The Hall–Kier alpha value is -1.07. The molecule has 5 nitrogen and oxygen atoms in total. The van der Waals surface area contributed by atoms with Crippen molar-refractivity contribution in [3.05, 3.63) is 12.0 Å². The third-order valence-corrected chi connectivity index (χ3v) is 2.81. The molecule has 2 heterocycles. The van der Waals surface area contributed by atoms with Crippen LogP contribution in [-0.4, -0.2) is 30.3 Å². The molecule has 0 aliphatic carbocycles. The minimum Gasteiger partial charge on any atom is -0.447 e. The van der Waals surface area contributed by atoms with Crippen LogP contribution in [0.15, 0.2) is 10.7 Å². The van der Waals surface area contributed by atoms with E-state index in [1.54, 1.807) is 6.26 Å². The maximum atomic E-state index is 5.74. The molecule has 1 aromatic heterocycles. The Labute approximate surface area is 102 Å². The molecule has 0 radical (unpaired) electrons. The Bertz CT molecular complexity index is 343. The predicted molar refractivity (Wildman–Crippen MR) is 62.9 cm³/mol. The lowest BCUT2D eigenvalue weighted by Crippen LogP contribution is -2.35. The van der Waals surface area contributed by atoms with Gasteiger partial charge in [0.05, 0.1) is 17.9 Å². The van der Waals surface area contributed by atoms with Gasteiger partial charge in [-0.25, -0.2) is 0 Å². The normalized spacial score (nSPS) is 29.2. The van der Waals surface area contributed by atoms with Gasteiger partial charge >= 0.3 is 6.08 Å². The van der Waals surface area contributed by atoms with E-state index in [-0.39, 0.29) is 18.3 Å². The molecule has 0 spiro atoms. The predicted octanol–water partition coefficient (Wildman–Crippen LogP) is 1.73. The lowest BCUT2D eigenvalue weighted by atomic mass is 10.0. The van der Waals surface area contributed by atoms with Crippen LogP contribution in [0.25, 0.3) is 0 Å². The van der Waals surface area contributed by atoms with E-state index in [0.717, 1.165) is 18.5 Å². The van der Waals surface area contributed by atoms with E-state index in [9.17, 15) is 0 Å². The van der Waals surface area contributed by atoms with E-state index in [0.29, 0.717) is 12.6 Å². The average molecular weight is 240 g/mol. The van der Waals surface area contributed by atoms with E-state index in [2.05, 4.69) is 24.1 Å². The molecule has 5 heteroatoms. The van der Waals surface area contributed by atoms with Crippen molar-refractivity contribution < 1.29 is 13.9 Å². The van der Waals surface area contributed by atoms with Crippen molar-refractivity contribution >= 4 is 0 Å². The Morgan fingerprint density at radius 3 is 2.76 bits per heavy atom. The van der Waals surface area contributed by atoms with Crippen LogP contribution in [0.5, 0.6) is 6.08 Å². The number of ether oxygens (including phenoxy) is 2. The van der Waals surface area contributed by atoms with E-state index in [1.807, 2.05) is 7.05 Å². The lowest BCUT2D eigenvalue weighted by molar-refractivity contribution is -0.0772. The zero-order valence-corrected chi connectivity index (χ0v) is 10.6. The van der Waals surface area contributed by atoms with E-state index < -0.39 is 0 Å². The van der Waals surface area contributed by atoms with Crippen LogP contribution in [0.3, 0.4) is 0 Å². The number of aromatic nitrogens is 1. The number of hydrogen-bond donors (Lipinski definition) is 1. The molecule has 1 aromatic rings. The molecular formula is C12H20N2O3. The van der Waals surface area contributed by atoms with Crippen LogP contribution >= 0.6 is 0 Å². The second-order valence-corrected chi connectivity index (χ2v) is 4.60. The highest BCUT2D eigenvalue weighted by Gasteiger charge is 2.26. The van der Waals surface area contributed by atoms with Crippen LogP contribution in [0.4, 0.5) is 0 Å². The summed E-state index contributed by atoms with van der Waals surface area (Å²) in [4.78, 5) is 4.25. The summed E-state index contributed by atoms with van der Waals surface area (Å²) >= 11 is 0. The highest BCUT2D eigenvalue weighted by molar-refractivity contribution is 5.00. The van der Waals surface area contributed by atoms with Gasteiger partial charge in [-0.3, -0.25) is 0 Å². The number of rotatable bonds is 4. The Morgan fingerprint density at radius 1 is 1.41 bits per heavy atom. The third-order valence-electron chi connectivity index (χ3n) is 2.81. The molecular weight excluding hydrogens is 220 g/mol. The maximum absolute atomic E-state index is 5.74. The van der Waals surface area contributed by atoms with Crippen molar-refractivity contribution in [2.75, 3.05) is 7.05 Å². The summed E-state index contributed by atoms with van der Waals surface area (Å²) in [5, 5.41) is 3.02. The molecule has 96 valence electrons. The number of nitrogens with one attached hydrogen (secondary N) is 1. The first-order valence-electron chi connectivity index (χ1n) is 6.08. The summed E-state index contributed by atoms with van der Waals surface area (Å²) in [6.07, 6.45) is 4.35. The van der Waals surface area contributed by atoms with Gasteiger partial charge in [-0.05, 0) is 20.9 Å². The fraction of sp³-hybridized carbons (Fsp3) is 0.750. The quantitative estimate of drug-likeness (QED) is 0.868. The fourth-order valence-electron chi connectivity index (χ4n) is 2.19. The molecule has 1 aliphatic heterocycles. The van der Waals surface area contributed by atoms with Crippen LogP contribution in [0.2, 0.25) is 0 Å². The summed E-state index contributed by atoms with van der Waals surface area (Å²) in [7, 11) is 1.87. The monoisotopic (exact) mass is 240 g/mol. The van der Waals surface area contributed by atoms with Crippen LogP contribution in [0, 0.1) is 0 Å². The Kier molecular flexibility index (Phi) is 4.02. The van der Waals surface area contributed by atoms with Crippen LogP contribution in [0.1, 0.15) is 32.4 Å². The molecule has 2 unspecified atom stereocenters. The lowest BCUT2D eigenvalue weighted by Gasteiger charge is -2.31. The van der Waals surface area contributed by atoms with Gasteiger partial charge in [0.25, 0.3) is 0 Å². The standard InChI is InChI=1S/C12H20N2O3/c1-8-4-11(5-9(2)16-8)17-12-14-10(6-13-3)7-15-12/h7-9,11,13H,4-6H2,1-3H3. The van der Waals surface area contributed by atoms with Crippen molar-refractivity contribution in [2.24, 2.45) is 0 Å². The first kappa shape index (κ1) is 12.4. The number of hydrogen-bond acceptors (Lipinski definition) is 5. The van der Waals surface area contributed by atoms with Gasteiger partial charge in [0.15, 0.2) is 0 Å². The minimum absolute atomic E-state index is 0.134. The van der Waals surface area contributed by atoms with Gasteiger partial charge in [-0.1, -0.05) is 0 Å². The maximum Gasteiger partial charge on any atom is 0.394 e. The second kappa shape index (κ2) is 5.51. The molecule has 2 atom stereocenters. The summed E-state index contributed by atoms with van der Waals surface area (Å²) in [6, 6.07) is 0. The molecule has 1 fully saturated rings. The van der Waals surface area contributed by atoms with Crippen LogP contribution < -0.4 is 10.1 Å². The molecule has 0 bridgehead atoms. The van der Waals surface area contributed by atoms with Crippen molar-refractivity contribution in [1.82, 2.24) is 10.3 Å². The highest BCUT2D eigenvalue weighted by Crippen LogP contribution is 2.23. The van der Waals surface area contributed by atoms with Gasteiger partial charge in [0, 0.05) is 19.4 Å². The number of oxazole rings is 1. The number of nitrogens with zero attached hydrogens (tertiary/aromatic N) is 1. The summed E-state index contributed by atoms with van der Waals surface area (Å²) < 4.78 is 16.7. The van der Waals surface area contributed by atoms with Crippen molar-refractivity contribution in [1.29, 1.82) is 0 Å². The summed E-state index contributed by atoms with van der Waals surface area (Å²) in [5.74, 6) is 0. The van der Waals surface area contributed by atoms with Gasteiger partial charge in [-0.2, -0.15) is 4.98 Å². The zero-order valence-electron chi connectivity index (χ0n) is 10.6. The zero-order chi connectivity index (χ0) is 12.3. The summed E-state index contributed by atoms with van der Waals surface area (Å²) in [5.41, 5.74) is 0.857. The molecule has 0 saturated carbocycles. The molecule has 0 aromatic carbocycles. The van der Waals surface area contributed by atoms with Crippen molar-refractivity contribution in [3.63, 3.8) is 0 Å². The molecule has 1 aliphatic rings. The largest absolute Gasteiger partial charge is 0.447 e. The molecule has 2 rings (SSSR count). The minimum atomic E-state index is 0.134. The van der Waals surface area contributed by atoms with Gasteiger partial charge in [0.1, 0.15) is 12.4 Å². The molecule has 1 saturated heterocycles. The third kappa shape index (κ3) is 3.44. The summed E-state index contributed by atoms with van der Waals surface area (Å²) in [6.45, 7) is 4.81. The second-order valence-electron chi connectivity index (χ2n) is 4.60. The first-order chi connectivity index (χ1) is 8.17. The Morgan fingerprint density at radius 2 is 2.12 bits per heavy atom.